The SMILES string of the molecule is O=C(Nc1cccc2c1CCCC2)c1cc(S(=O)(=O)N2CCOCC2)ccc1N1CCCC1. The van der Waals surface area contributed by atoms with Crippen molar-refractivity contribution < 1.29 is 17.9 Å². The molecule has 0 bridgehead atoms. The Bertz CT molecular complexity index is 1140. The van der Waals surface area contributed by atoms with Crippen LogP contribution in [0.15, 0.2) is 41.3 Å². The number of ether oxygens (including phenoxy) is 1. The van der Waals surface area contributed by atoms with Crippen LogP contribution in [0, 0.1) is 0 Å². The third-order valence-corrected chi connectivity index (χ3v) is 8.81. The van der Waals surface area contributed by atoms with Gasteiger partial charge in [-0.15, -0.1) is 0 Å². The van der Waals surface area contributed by atoms with Crippen LogP contribution < -0.4 is 10.2 Å². The van der Waals surface area contributed by atoms with Crippen molar-refractivity contribution in [3.8, 4) is 0 Å². The van der Waals surface area contributed by atoms with Crippen LogP contribution >= 0.6 is 0 Å². The molecule has 2 aromatic rings. The van der Waals surface area contributed by atoms with Gasteiger partial charge < -0.3 is 15.0 Å². The highest BCUT2D eigenvalue weighted by atomic mass is 32.2. The Labute approximate surface area is 195 Å². The van der Waals surface area contributed by atoms with Gasteiger partial charge in [-0.25, -0.2) is 8.42 Å². The van der Waals surface area contributed by atoms with Crippen LogP contribution in [0.1, 0.15) is 47.2 Å². The van der Waals surface area contributed by atoms with E-state index in [9.17, 15) is 13.2 Å². The van der Waals surface area contributed by atoms with Crippen molar-refractivity contribution in [3.05, 3.63) is 53.1 Å². The molecule has 0 aromatic heterocycles. The fourth-order valence-corrected chi connectivity index (χ4v) is 6.55. The molecule has 1 N–H and O–H groups in total. The maximum Gasteiger partial charge on any atom is 0.257 e. The number of sulfonamides is 1. The molecule has 0 spiro atoms. The van der Waals surface area contributed by atoms with Crippen LogP contribution in [0.4, 0.5) is 11.4 Å². The van der Waals surface area contributed by atoms with Crippen LogP contribution in [0.3, 0.4) is 0 Å². The fourth-order valence-electron chi connectivity index (χ4n) is 5.12. The van der Waals surface area contributed by atoms with Gasteiger partial charge in [0.25, 0.3) is 5.91 Å². The molecule has 1 amide bonds. The van der Waals surface area contributed by atoms with Gasteiger partial charge in [-0.3, -0.25) is 4.79 Å². The van der Waals surface area contributed by atoms with Crippen molar-refractivity contribution in [1.82, 2.24) is 4.31 Å². The van der Waals surface area contributed by atoms with Crippen molar-refractivity contribution in [2.24, 2.45) is 0 Å². The van der Waals surface area contributed by atoms with Crippen LogP contribution in [0.2, 0.25) is 0 Å². The lowest BCUT2D eigenvalue weighted by atomic mass is 9.90. The molecule has 0 radical (unpaired) electrons. The summed E-state index contributed by atoms with van der Waals surface area (Å²) in [6.45, 7) is 3.17. The van der Waals surface area contributed by atoms with E-state index in [2.05, 4.69) is 16.3 Å². The number of morpholine rings is 1. The quantitative estimate of drug-likeness (QED) is 0.726. The molecule has 33 heavy (non-hydrogen) atoms. The molecule has 2 saturated heterocycles. The van der Waals surface area contributed by atoms with Gasteiger partial charge in [0.05, 0.1) is 23.7 Å². The Morgan fingerprint density at radius 2 is 1.67 bits per heavy atom. The van der Waals surface area contributed by atoms with Crippen molar-refractivity contribution in [2.45, 2.75) is 43.4 Å². The second-order valence-electron chi connectivity index (χ2n) is 8.99. The van der Waals surface area contributed by atoms with Crippen LogP contribution in [0.5, 0.6) is 0 Å². The Morgan fingerprint density at radius 3 is 2.45 bits per heavy atom. The molecule has 0 atom stereocenters. The molecule has 176 valence electrons. The first-order chi connectivity index (χ1) is 16.0. The number of amides is 1. The zero-order valence-electron chi connectivity index (χ0n) is 18.9. The summed E-state index contributed by atoms with van der Waals surface area (Å²) in [4.78, 5) is 15.9. The molecule has 2 heterocycles. The summed E-state index contributed by atoms with van der Waals surface area (Å²) in [5.41, 5.74) is 4.56. The van der Waals surface area contributed by atoms with Gasteiger partial charge in [-0.1, -0.05) is 12.1 Å². The van der Waals surface area contributed by atoms with Gasteiger partial charge >= 0.3 is 0 Å². The standard InChI is InChI=1S/C25H31N3O4S/c29-25(26-23-9-5-7-19-6-1-2-8-21(19)23)22-18-20(10-11-24(22)27-12-3-4-13-27)33(30,31)28-14-16-32-17-15-28/h5,7,9-11,18H,1-4,6,8,12-17H2,(H,26,29). The lowest BCUT2D eigenvalue weighted by molar-refractivity contribution is 0.0730. The zero-order chi connectivity index (χ0) is 22.8. The minimum Gasteiger partial charge on any atom is -0.379 e. The van der Waals surface area contributed by atoms with E-state index in [4.69, 9.17) is 4.74 Å². The van der Waals surface area contributed by atoms with Gasteiger partial charge in [0, 0.05) is 37.6 Å². The number of hydrogen-bond donors (Lipinski definition) is 1. The third-order valence-electron chi connectivity index (χ3n) is 6.91. The Balaban J connectivity index is 1.50. The van der Waals surface area contributed by atoms with Gasteiger partial charge in [0.15, 0.2) is 0 Å². The van der Waals surface area contributed by atoms with Gasteiger partial charge in [0.2, 0.25) is 10.0 Å². The molecule has 1 aliphatic carbocycles. The maximum atomic E-state index is 13.6. The Hall–Kier alpha value is -2.42. The van der Waals surface area contributed by atoms with Crippen molar-refractivity contribution in [2.75, 3.05) is 49.6 Å². The molecule has 3 aliphatic rings. The highest BCUT2D eigenvalue weighted by molar-refractivity contribution is 7.89. The molecule has 0 unspecified atom stereocenters. The van der Waals surface area contributed by atoms with Gasteiger partial charge in [0.1, 0.15) is 0 Å². The minimum atomic E-state index is -3.69. The second kappa shape index (κ2) is 9.44. The second-order valence-corrected chi connectivity index (χ2v) is 10.9. The largest absolute Gasteiger partial charge is 0.379 e. The first kappa shape index (κ1) is 22.4. The highest BCUT2D eigenvalue weighted by Crippen LogP contribution is 2.32. The van der Waals surface area contributed by atoms with Gasteiger partial charge in [-0.2, -0.15) is 4.31 Å². The Kier molecular flexibility index (Phi) is 6.40. The topological polar surface area (TPSA) is 79.0 Å². The number of carbonyl (C=O) groups excluding carboxylic acids is 1. The van der Waals surface area contributed by atoms with E-state index in [1.54, 1.807) is 18.2 Å². The molecule has 7 nitrogen and oxygen atoms in total. The summed E-state index contributed by atoms with van der Waals surface area (Å²) in [6.07, 6.45) is 6.42. The smallest absolute Gasteiger partial charge is 0.257 e. The summed E-state index contributed by atoms with van der Waals surface area (Å²) < 4.78 is 33.3. The van der Waals surface area contributed by atoms with Crippen molar-refractivity contribution in [3.63, 3.8) is 0 Å². The number of rotatable bonds is 5. The molecule has 2 aromatic carbocycles. The van der Waals surface area contributed by atoms with E-state index >= 15 is 0 Å². The first-order valence-corrected chi connectivity index (χ1v) is 13.4. The van der Waals surface area contributed by atoms with Crippen molar-refractivity contribution >= 4 is 27.3 Å². The molecule has 0 saturated carbocycles. The number of benzene rings is 2. The van der Waals surface area contributed by atoms with E-state index in [1.807, 2.05) is 12.1 Å². The van der Waals surface area contributed by atoms with Crippen LogP contribution in [-0.4, -0.2) is 58.0 Å². The molecule has 2 fully saturated rings. The number of fused-ring (bicyclic) bond motifs is 1. The Morgan fingerprint density at radius 1 is 0.909 bits per heavy atom. The lowest BCUT2D eigenvalue weighted by Gasteiger charge is -2.27. The van der Waals surface area contributed by atoms with E-state index in [-0.39, 0.29) is 10.8 Å². The summed E-state index contributed by atoms with van der Waals surface area (Å²) in [7, 11) is -3.69. The average Bonchev–Trinajstić information content (AvgIpc) is 3.39. The first-order valence-electron chi connectivity index (χ1n) is 11.9. The summed E-state index contributed by atoms with van der Waals surface area (Å²) >= 11 is 0. The lowest BCUT2D eigenvalue weighted by Crippen LogP contribution is -2.40. The minimum absolute atomic E-state index is 0.160. The van der Waals surface area contributed by atoms with Crippen LogP contribution in [-0.2, 0) is 27.6 Å². The highest BCUT2D eigenvalue weighted by Gasteiger charge is 2.29. The van der Waals surface area contributed by atoms with Crippen LogP contribution in [0.25, 0.3) is 0 Å². The number of carbonyl (C=O) groups is 1. The monoisotopic (exact) mass is 469 g/mol. The number of anilines is 2. The normalized spacial score (nSPS) is 19.3. The number of nitrogens with zero attached hydrogens (tertiary/aromatic N) is 2. The summed E-state index contributed by atoms with van der Waals surface area (Å²) in [5, 5.41) is 3.11. The van der Waals surface area contributed by atoms with Crippen molar-refractivity contribution in [1.29, 1.82) is 0 Å². The van der Waals surface area contributed by atoms with E-state index in [0.29, 0.717) is 31.9 Å². The average molecular weight is 470 g/mol. The van der Waals surface area contributed by atoms with E-state index in [1.165, 1.54) is 21.9 Å². The molecule has 5 rings (SSSR count). The van der Waals surface area contributed by atoms with Gasteiger partial charge in [-0.05, 0) is 73.9 Å². The summed E-state index contributed by atoms with van der Waals surface area (Å²) in [6, 6.07) is 11.1. The third kappa shape index (κ3) is 4.52. The molecule has 2 aliphatic heterocycles. The number of hydrogen-bond acceptors (Lipinski definition) is 5. The number of nitrogens with one attached hydrogen (secondary N) is 1. The fraction of sp³-hybridized carbons (Fsp3) is 0.480. The molecular weight excluding hydrogens is 438 g/mol. The molecular formula is C25H31N3O4S. The molecule has 8 heteroatoms. The number of aryl methyl sites for hydroxylation is 1. The maximum absolute atomic E-state index is 13.6. The van der Waals surface area contributed by atoms with E-state index < -0.39 is 10.0 Å². The summed E-state index contributed by atoms with van der Waals surface area (Å²) in [5.74, 6) is -0.255. The predicted molar refractivity (Wildman–Crippen MR) is 129 cm³/mol. The zero-order valence-corrected chi connectivity index (χ0v) is 19.7. The predicted octanol–water partition coefficient (Wildman–Crippen LogP) is 3.44. The van der Waals surface area contributed by atoms with E-state index in [0.717, 1.165) is 56.6 Å².